The number of rotatable bonds is 6. The summed E-state index contributed by atoms with van der Waals surface area (Å²) >= 11 is 0. The molecule has 1 unspecified atom stereocenters. The molecule has 0 aliphatic carbocycles. The van der Waals surface area contributed by atoms with Crippen LogP contribution in [0, 0.1) is 11.7 Å². The number of hydrogen-bond donors (Lipinski definition) is 2. The van der Waals surface area contributed by atoms with Gasteiger partial charge in [-0.05, 0) is 35.9 Å². The number of hydrogen-bond acceptors (Lipinski definition) is 4. The van der Waals surface area contributed by atoms with Crippen LogP contribution in [0.15, 0.2) is 42.6 Å². The Morgan fingerprint density at radius 1 is 1.36 bits per heavy atom. The fraction of sp³-hybridized carbons (Fsp3) is 0.250. The minimum atomic E-state index is -0.328. The van der Waals surface area contributed by atoms with E-state index >= 15 is 0 Å². The number of aromatic nitrogens is 1. The van der Waals surface area contributed by atoms with Gasteiger partial charge >= 0.3 is 0 Å². The van der Waals surface area contributed by atoms with Crippen LogP contribution in [0.3, 0.4) is 0 Å². The van der Waals surface area contributed by atoms with Crippen LogP contribution in [0.5, 0.6) is 11.6 Å². The highest BCUT2D eigenvalue weighted by Gasteiger charge is 2.10. The van der Waals surface area contributed by atoms with Crippen LogP contribution in [0.4, 0.5) is 4.39 Å². The molecule has 22 heavy (non-hydrogen) atoms. The summed E-state index contributed by atoms with van der Waals surface area (Å²) in [6.07, 6.45) is 1.59. The summed E-state index contributed by atoms with van der Waals surface area (Å²) in [5.41, 5.74) is 6.30. The Morgan fingerprint density at radius 2 is 2.09 bits per heavy atom. The largest absolute Gasteiger partial charge is 0.439 e. The number of nitrogens with zero attached hydrogens (tertiary/aromatic N) is 1. The predicted octanol–water partition coefficient (Wildman–Crippen LogP) is 2.22. The summed E-state index contributed by atoms with van der Waals surface area (Å²) < 4.78 is 18.4. The highest BCUT2D eigenvalue weighted by Crippen LogP contribution is 2.20. The van der Waals surface area contributed by atoms with Gasteiger partial charge in [-0.25, -0.2) is 9.37 Å². The summed E-state index contributed by atoms with van der Waals surface area (Å²) in [5.74, 6) is 0.222. The van der Waals surface area contributed by atoms with E-state index in [-0.39, 0.29) is 17.6 Å². The van der Waals surface area contributed by atoms with E-state index < -0.39 is 0 Å². The first-order valence-electron chi connectivity index (χ1n) is 6.94. The van der Waals surface area contributed by atoms with Crippen molar-refractivity contribution in [2.45, 2.75) is 13.5 Å². The number of carbonyl (C=O) groups is 1. The SMILES string of the molecule is CC(CN)C(=O)NCc1ccnc(Oc2ccc(F)cc2)c1. The first kappa shape index (κ1) is 15.9. The molecule has 1 heterocycles. The molecule has 0 saturated heterocycles. The summed E-state index contributed by atoms with van der Waals surface area (Å²) in [6, 6.07) is 9.17. The minimum Gasteiger partial charge on any atom is -0.439 e. The monoisotopic (exact) mass is 303 g/mol. The van der Waals surface area contributed by atoms with E-state index in [1.165, 1.54) is 24.3 Å². The Hall–Kier alpha value is -2.47. The van der Waals surface area contributed by atoms with Crippen molar-refractivity contribution in [2.24, 2.45) is 11.7 Å². The first-order valence-corrected chi connectivity index (χ1v) is 6.94. The summed E-state index contributed by atoms with van der Waals surface area (Å²) in [4.78, 5) is 15.8. The number of benzene rings is 1. The van der Waals surface area contributed by atoms with Crippen molar-refractivity contribution in [3.63, 3.8) is 0 Å². The zero-order valence-electron chi connectivity index (χ0n) is 12.3. The highest BCUT2D eigenvalue weighted by atomic mass is 19.1. The van der Waals surface area contributed by atoms with E-state index in [9.17, 15) is 9.18 Å². The van der Waals surface area contributed by atoms with Gasteiger partial charge in [-0.1, -0.05) is 6.92 Å². The topological polar surface area (TPSA) is 77.2 Å². The second kappa shape index (κ2) is 7.51. The molecule has 0 saturated carbocycles. The lowest BCUT2D eigenvalue weighted by molar-refractivity contribution is -0.124. The molecule has 0 aliphatic rings. The number of nitrogens with two attached hydrogens (primary N) is 1. The zero-order chi connectivity index (χ0) is 15.9. The second-order valence-corrected chi connectivity index (χ2v) is 4.91. The molecule has 0 spiro atoms. The predicted molar refractivity (Wildman–Crippen MR) is 80.8 cm³/mol. The molecule has 2 aromatic rings. The fourth-order valence-corrected chi connectivity index (χ4v) is 1.71. The van der Waals surface area contributed by atoms with Crippen molar-refractivity contribution in [3.8, 4) is 11.6 Å². The molecular formula is C16H18FN3O2. The molecule has 6 heteroatoms. The van der Waals surface area contributed by atoms with Crippen molar-refractivity contribution < 1.29 is 13.9 Å². The first-order chi connectivity index (χ1) is 10.6. The Kier molecular flexibility index (Phi) is 5.43. The van der Waals surface area contributed by atoms with Crippen molar-refractivity contribution >= 4 is 5.91 Å². The van der Waals surface area contributed by atoms with Crippen LogP contribution in [0.25, 0.3) is 0 Å². The average molecular weight is 303 g/mol. The third-order valence-corrected chi connectivity index (χ3v) is 3.10. The van der Waals surface area contributed by atoms with Gasteiger partial charge in [0.25, 0.3) is 0 Å². The van der Waals surface area contributed by atoms with Gasteiger partial charge in [-0.15, -0.1) is 0 Å². The Bertz CT molecular complexity index is 632. The van der Waals surface area contributed by atoms with E-state index in [0.717, 1.165) is 5.56 Å². The van der Waals surface area contributed by atoms with Gasteiger partial charge in [0.05, 0.1) is 0 Å². The Labute approximate surface area is 128 Å². The van der Waals surface area contributed by atoms with Crippen molar-refractivity contribution in [1.29, 1.82) is 0 Å². The maximum absolute atomic E-state index is 12.8. The van der Waals surface area contributed by atoms with Crippen LogP contribution in [0.1, 0.15) is 12.5 Å². The lowest BCUT2D eigenvalue weighted by atomic mass is 10.1. The molecule has 116 valence electrons. The van der Waals surface area contributed by atoms with Crippen LogP contribution >= 0.6 is 0 Å². The van der Waals surface area contributed by atoms with E-state index in [4.69, 9.17) is 10.5 Å². The van der Waals surface area contributed by atoms with Gasteiger partial charge in [0.2, 0.25) is 11.8 Å². The number of amides is 1. The van der Waals surface area contributed by atoms with E-state index in [0.29, 0.717) is 24.7 Å². The molecule has 2 rings (SSSR count). The molecule has 0 radical (unpaired) electrons. The van der Waals surface area contributed by atoms with Gasteiger partial charge in [0, 0.05) is 31.3 Å². The third kappa shape index (κ3) is 4.53. The molecule has 0 bridgehead atoms. The standard InChI is InChI=1S/C16H18FN3O2/c1-11(9-18)16(21)20-10-12-6-7-19-15(8-12)22-14-4-2-13(17)3-5-14/h2-8,11H,9-10,18H2,1H3,(H,20,21). The molecular weight excluding hydrogens is 285 g/mol. The van der Waals surface area contributed by atoms with E-state index in [1.807, 2.05) is 0 Å². The molecule has 3 N–H and O–H groups in total. The number of ether oxygens (including phenoxy) is 1. The summed E-state index contributed by atoms with van der Waals surface area (Å²) in [7, 11) is 0. The van der Waals surface area contributed by atoms with Crippen molar-refractivity contribution in [3.05, 3.63) is 54.0 Å². The quantitative estimate of drug-likeness (QED) is 0.858. The minimum absolute atomic E-state index is 0.0969. The number of carbonyl (C=O) groups excluding carboxylic acids is 1. The van der Waals surface area contributed by atoms with Gasteiger partial charge in [0.15, 0.2) is 0 Å². The third-order valence-electron chi connectivity index (χ3n) is 3.10. The van der Waals surface area contributed by atoms with Crippen LogP contribution in [-0.2, 0) is 11.3 Å². The normalized spacial score (nSPS) is 11.8. The maximum atomic E-state index is 12.8. The van der Waals surface area contributed by atoms with Gasteiger partial charge in [0.1, 0.15) is 11.6 Å². The number of halogens is 1. The van der Waals surface area contributed by atoms with Crippen molar-refractivity contribution in [1.82, 2.24) is 10.3 Å². The molecule has 1 aromatic heterocycles. The van der Waals surface area contributed by atoms with Gasteiger partial charge in [-0.3, -0.25) is 4.79 Å². The molecule has 0 fully saturated rings. The van der Waals surface area contributed by atoms with Gasteiger partial charge in [-0.2, -0.15) is 0 Å². The molecule has 1 amide bonds. The maximum Gasteiger partial charge on any atom is 0.224 e. The molecule has 1 atom stereocenters. The van der Waals surface area contributed by atoms with Crippen molar-refractivity contribution in [2.75, 3.05) is 6.54 Å². The summed E-state index contributed by atoms with van der Waals surface area (Å²) in [5, 5.41) is 2.80. The van der Waals surface area contributed by atoms with Crippen LogP contribution in [0.2, 0.25) is 0 Å². The summed E-state index contributed by atoms with van der Waals surface area (Å²) in [6.45, 7) is 2.44. The average Bonchev–Trinajstić information content (AvgIpc) is 2.54. The lowest BCUT2D eigenvalue weighted by Gasteiger charge is -2.10. The molecule has 1 aromatic carbocycles. The molecule has 0 aliphatic heterocycles. The lowest BCUT2D eigenvalue weighted by Crippen LogP contribution is -2.32. The van der Waals surface area contributed by atoms with Gasteiger partial charge < -0.3 is 15.8 Å². The molecule has 5 nitrogen and oxygen atoms in total. The zero-order valence-corrected chi connectivity index (χ0v) is 12.3. The smallest absolute Gasteiger partial charge is 0.224 e. The highest BCUT2D eigenvalue weighted by molar-refractivity contribution is 5.78. The van der Waals surface area contributed by atoms with Crippen LogP contribution in [-0.4, -0.2) is 17.4 Å². The fourth-order valence-electron chi connectivity index (χ4n) is 1.71. The number of pyridine rings is 1. The second-order valence-electron chi connectivity index (χ2n) is 4.91. The van der Waals surface area contributed by atoms with E-state index in [1.54, 1.807) is 25.3 Å². The number of nitrogens with one attached hydrogen (secondary N) is 1. The van der Waals surface area contributed by atoms with E-state index in [2.05, 4.69) is 10.3 Å². The Morgan fingerprint density at radius 3 is 2.77 bits per heavy atom. The Balaban J connectivity index is 1.97. The van der Waals surface area contributed by atoms with Crippen LogP contribution < -0.4 is 15.8 Å².